The first-order valence-electron chi connectivity index (χ1n) is 5.80. The number of carbonyl (C=O) groups excluding carboxylic acids is 1. The third kappa shape index (κ3) is 2.44. The SMILES string of the molecule is O=C(Nc1cc(-c2ccc(F)cc2)no1)c1ccco1. The van der Waals surface area contributed by atoms with Gasteiger partial charge in [-0.05, 0) is 36.4 Å². The van der Waals surface area contributed by atoms with Gasteiger partial charge in [0.05, 0.1) is 6.26 Å². The molecule has 0 aliphatic carbocycles. The van der Waals surface area contributed by atoms with Gasteiger partial charge >= 0.3 is 0 Å². The zero-order valence-corrected chi connectivity index (χ0v) is 10.2. The third-order valence-electron chi connectivity index (χ3n) is 2.63. The number of anilines is 1. The van der Waals surface area contributed by atoms with E-state index in [9.17, 15) is 9.18 Å². The minimum absolute atomic E-state index is 0.171. The summed E-state index contributed by atoms with van der Waals surface area (Å²) >= 11 is 0. The van der Waals surface area contributed by atoms with Crippen LogP contribution in [0.5, 0.6) is 0 Å². The van der Waals surface area contributed by atoms with Crippen molar-refractivity contribution in [1.82, 2.24) is 5.16 Å². The minimum Gasteiger partial charge on any atom is -0.459 e. The van der Waals surface area contributed by atoms with E-state index in [1.165, 1.54) is 24.5 Å². The van der Waals surface area contributed by atoms with Crippen molar-refractivity contribution in [3.05, 3.63) is 60.3 Å². The standard InChI is InChI=1S/C14H9FN2O3/c15-10-5-3-9(4-6-10)11-8-13(20-17-11)16-14(18)12-2-1-7-19-12/h1-8H,(H,16,18). The van der Waals surface area contributed by atoms with E-state index in [0.29, 0.717) is 11.3 Å². The maximum atomic E-state index is 12.8. The maximum absolute atomic E-state index is 12.8. The molecule has 0 aliphatic rings. The molecule has 0 bridgehead atoms. The van der Waals surface area contributed by atoms with Crippen molar-refractivity contribution in [2.45, 2.75) is 0 Å². The molecule has 100 valence electrons. The Labute approximate surface area is 113 Å². The number of nitrogens with zero attached hydrogens (tertiary/aromatic N) is 1. The van der Waals surface area contributed by atoms with Gasteiger partial charge in [-0.15, -0.1) is 0 Å². The van der Waals surface area contributed by atoms with Gasteiger partial charge in [0.25, 0.3) is 5.91 Å². The zero-order chi connectivity index (χ0) is 13.9. The van der Waals surface area contributed by atoms with Crippen molar-refractivity contribution in [2.75, 3.05) is 5.32 Å². The predicted molar refractivity (Wildman–Crippen MR) is 68.6 cm³/mol. The Morgan fingerprint density at radius 1 is 1.20 bits per heavy atom. The van der Waals surface area contributed by atoms with E-state index in [4.69, 9.17) is 8.94 Å². The van der Waals surface area contributed by atoms with Gasteiger partial charge in [-0.3, -0.25) is 10.1 Å². The van der Waals surface area contributed by atoms with Gasteiger partial charge in [0.2, 0.25) is 5.88 Å². The van der Waals surface area contributed by atoms with Crippen LogP contribution >= 0.6 is 0 Å². The highest BCUT2D eigenvalue weighted by atomic mass is 19.1. The van der Waals surface area contributed by atoms with E-state index in [1.54, 1.807) is 24.3 Å². The van der Waals surface area contributed by atoms with Gasteiger partial charge in [-0.2, -0.15) is 0 Å². The number of aromatic nitrogens is 1. The molecule has 0 unspecified atom stereocenters. The summed E-state index contributed by atoms with van der Waals surface area (Å²) in [4.78, 5) is 11.7. The van der Waals surface area contributed by atoms with Crippen LogP contribution in [0.2, 0.25) is 0 Å². The summed E-state index contributed by atoms with van der Waals surface area (Å²) in [5.41, 5.74) is 1.19. The first kappa shape index (κ1) is 12.2. The lowest BCUT2D eigenvalue weighted by Crippen LogP contribution is -2.09. The summed E-state index contributed by atoms with van der Waals surface area (Å²) in [5, 5.41) is 6.32. The highest BCUT2D eigenvalue weighted by Crippen LogP contribution is 2.22. The molecule has 0 fully saturated rings. The fourth-order valence-electron chi connectivity index (χ4n) is 1.67. The molecular formula is C14H9FN2O3. The molecule has 0 atom stereocenters. The van der Waals surface area contributed by atoms with Crippen molar-refractivity contribution < 1.29 is 18.1 Å². The molecular weight excluding hydrogens is 263 g/mol. The Kier molecular flexibility index (Phi) is 3.04. The Balaban J connectivity index is 1.77. The van der Waals surface area contributed by atoms with Crippen LogP contribution in [-0.4, -0.2) is 11.1 Å². The van der Waals surface area contributed by atoms with Gasteiger partial charge < -0.3 is 8.94 Å². The number of amides is 1. The molecule has 0 saturated heterocycles. The number of nitrogens with one attached hydrogen (secondary N) is 1. The van der Waals surface area contributed by atoms with Crippen LogP contribution in [-0.2, 0) is 0 Å². The first-order chi connectivity index (χ1) is 9.72. The molecule has 6 heteroatoms. The molecule has 0 saturated carbocycles. The van der Waals surface area contributed by atoms with Crippen LogP contribution < -0.4 is 5.32 Å². The van der Waals surface area contributed by atoms with E-state index in [2.05, 4.69) is 10.5 Å². The first-order valence-corrected chi connectivity index (χ1v) is 5.80. The van der Waals surface area contributed by atoms with E-state index < -0.39 is 5.91 Å². The van der Waals surface area contributed by atoms with E-state index >= 15 is 0 Å². The quantitative estimate of drug-likeness (QED) is 0.794. The predicted octanol–water partition coefficient (Wildman–Crippen LogP) is 3.33. The molecule has 5 nitrogen and oxygen atoms in total. The third-order valence-corrected chi connectivity index (χ3v) is 2.63. The highest BCUT2D eigenvalue weighted by Gasteiger charge is 2.13. The number of rotatable bonds is 3. The normalized spacial score (nSPS) is 10.4. The van der Waals surface area contributed by atoms with Gasteiger partial charge in [-0.25, -0.2) is 4.39 Å². The maximum Gasteiger partial charge on any atom is 0.293 e. The monoisotopic (exact) mass is 272 g/mol. The Morgan fingerprint density at radius 2 is 2.00 bits per heavy atom. The van der Waals surface area contributed by atoms with Crippen LogP contribution in [0.3, 0.4) is 0 Å². The summed E-state index contributed by atoms with van der Waals surface area (Å²) in [5.74, 6) is -0.407. The molecule has 0 radical (unpaired) electrons. The average Bonchev–Trinajstić information content (AvgIpc) is 3.10. The second-order valence-electron chi connectivity index (χ2n) is 4.01. The molecule has 1 amide bonds. The van der Waals surface area contributed by atoms with E-state index in [1.807, 2.05) is 0 Å². The number of furan rings is 1. The number of benzene rings is 1. The molecule has 20 heavy (non-hydrogen) atoms. The fourth-order valence-corrected chi connectivity index (χ4v) is 1.67. The van der Waals surface area contributed by atoms with Crippen LogP contribution in [0, 0.1) is 5.82 Å². The minimum atomic E-state index is -0.434. The Hall–Kier alpha value is -2.89. The molecule has 2 heterocycles. The molecule has 1 N–H and O–H groups in total. The molecule has 3 aromatic rings. The average molecular weight is 272 g/mol. The van der Waals surface area contributed by atoms with Crippen molar-refractivity contribution in [3.8, 4) is 11.3 Å². The van der Waals surface area contributed by atoms with E-state index in [0.717, 1.165) is 0 Å². The molecule has 2 aromatic heterocycles. The molecule has 3 rings (SSSR count). The van der Waals surface area contributed by atoms with Crippen molar-refractivity contribution in [3.63, 3.8) is 0 Å². The van der Waals surface area contributed by atoms with Gasteiger partial charge in [0.1, 0.15) is 11.5 Å². The molecule has 0 aliphatic heterocycles. The Morgan fingerprint density at radius 3 is 2.70 bits per heavy atom. The number of halogens is 1. The summed E-state index contributed by atoms with van der Waals surface area (Å²) in [6.07, 6.45) is 1.40. The van der Waals surface area contributed by atoms with Gasteiger partial charge in [-0.1, -0.05) is 5.16 Å². The van der Waals surface area contributed by atoms with Crippen molar-refractivity contribution >= 4 is 11.8 Å². The van der Waals surface area contributed by atoms with Crippen LogP contribution in [0.15, 0.2) is 57.7 Å². The topological polar surface area (TPSA) is 68.3 Å². The lowest BCUT2D eigenvalue weighted by molar-refractivity contribution is 0.0993. The van der Waals surface area contributed by atoms with Gasteiger partial charge in [0, 0.05) is 11.6 Å². The Bertz CT molecular complexity index is 717. The lowest BCUT2D eigenvalue weighted by Gasteiger charge is -1.96. The smallest absolute Gasteiger partial charge is 0.293 e. The van der Waals surface area contributed by atoms with E-state index in [-0.39, 0.29) is 17.5 Å². The highest BCUT2D eigenvalue weighted by molar-refractivity contribution is 6.01. The summed E-state index contributed by atoms with van der Waals surface area (Å²) < 4.78 is 22.8. The second kappa shape index (κ2) is 5.00. The molecule has 0 spiro atoms. The largest absolute Gasteiger partial charge is 0.459 e. The number of hydrogen-bond acceptors (Lipinski definition) is 4. The summed E-state index contributed by atoms with van der Waals surface area (Å²) in [6.45, 7) is 0. The lowest BCUT2D eigenvalue weighted by atomic mass is 10.1. The summed E-state index contributed by atoms with van der Waals surface area (Å²) in [7, 11) is 0. The van der Waals surface area contributed by atoms with Crippen LogP contribution in [0.4, 0.5) is 10.3 Å². The summed E-state index contributed by atoms with van der Waals surface area (Å²) in [6, 6.07) is 10.5. The number of hydrogen-bond donors (Lipinski definition) is 1. The van der Waals surface area contributed by atoms with Gasteiger partial charge in [0.15, 0.2) is 5.76 Å². The van der Waals surface area contributed by atoms with Crippen LogP contribution in [0.1, 0.15) is 10.6 Å². The fraction of sp³-hybridized carbons (Fsp3) is 0. The zero-order valence-electron chi connectivity index (χ0n) is 10.2. The molecule has 1 aromatic carbocycles. The second-order valence-corrected chi connectivity index (χ2v) is 4.01. The van der Waals surface area contributed by atoms with Crippen molar-refractivity contribution in [1.29, 1.82) is 0 Å². The number of carbonyl (C=O) groups is 1. The van der Waals surface area contributed by atoms with Crippen LogP contribution in [0.25, 0.3) is 11.3 Å². The van der Waals surface area contributed by atoms with Crippen molar-refractivity contribution in [2.24, 2.45) is 0 Å².